The zero-order chi connectivity index (χ0) is 34.8. The number of unbranched alkanes of at least 4 members (excludes halogenated alkanes) is 4. The second-order valence-corrected chi connectivity index (χ2v) is 15.7. The molecule has 0 saturated heterocycles. The third-order valence-corrected chi connectivity index (χ3v) is 11.6. The maximum Gasteiger partial charge on any atom is 0.335 e. The minimum atomic E-state index is -0.932. The van der Waals surface area contributed by atoms with Crippen LogP contribution in [0.5, 0.6) is 0 Å². The molecule has 8 heteroatoms. The number of rotatable bonds is 15. The Labute approximate surface area is 295 Å². The molecule has 3 N–H and O–H groups in total. The van der Waals surface area contributed by atoms with Gasteiger partial charge in [0.25, 0.3) is 0 Å². The number of nitrogens with zero attached hydrogens (tertiary/aromatic N) is 1. The van der Waals surface area contributed by atoms with Crippen LogP contribution < -0.4 is 5.73 Å². The summed E-state index contributed by atoms with van der Waals surface area (Å²) >= 11 is 1.56. The van der Waals surface area contributed by atoms with Gasteiger partial charge in [0.1, 0.15) is 11.6 Å². The molecule has 49 heavy (non-hydrogen) atoms. The van der Waals surface area contributed by atoms with Gasteiger partial charge < -0.3 is 15.7 Å². The van der Waals surface area contributed by atoms with E-state index in [0.29, 0.717) is 41.8 Å². The number of benzene rings is 3. The first-order chi connectivity index (χ1) is 23.6. The molecule has 1 amide bonds. The van der Waals surface area contributed by atoms with Gasteiger partial charge in [-0.3, -0.25) is 4.79 Å². The average molecular weight is 691 g/mol. The highest BCUT2D eigenvalue weighted by atomic mass is 32.2. The van der Waals surface area contributed by atoms with Gasteiger partial charge in [0.15, 0.2) is 0 Å². The van der Waals surface area contributed by atoms with Crippen LogP contribution in [-0.4, -0.2) is 34.0 Å². The third kappa shape index (κ3) is 10.9. The van der Waals surface area contributed by atoms with E-state index in [4.69, 9.17) is 5.73 Å². The predicted molar refractivity (Wildman–Crippen MR) is 193 cm³/mol. The fourth-order valence-corrected chi connectivity index (χ4v) is 9.31. The van der Waals surface area contributed by atoms with E-state index in [2.05, 4.69) is 6.92 Å². The van der Waals surface area contributed by atoms with Crippen molar-refractivity contribution in [1.29, 1.82) is 0 Å². The average Bonchev–Trinajstić information content (AvgIpc) is 3.06. The number of carbonyl (C=O) groups excluding carboxylic acids is 1. The molecule has 4 bridgehead atoms. The van der Waals surface area contributed by atoms with E-state index in [1.54, 1.807) is 28.8 Å². The number of carboxylic acids is 1. The van der Waals surface area contributed by atoms with Gasteiger partial charge in [0.05, 0.1) is 5.56 Å². The minimum absolute atomic E-state index is 0.0482. The van der Waals surface area contributed by atoms with Crippen molar-refractivity contribution < 1.29 is 23.5 Å². The van der Waals surface area contributed by atoms with Crippen molar-refractivity contribution in [1.82, 2.24) is 4.90 Å². The largest absolute Gasteiger partial charge is 0.478 e. The Balaban J connectivity index is 0.000000351. The molecule has 4 saturated carbocycles. The lowest BCUT2D eigenvalue weighted by atomic mass is 9.53. The normalized spacial score (nSPS) is 22.0. The number of nitrogens with two attached hydrogens (primary N) is 1. The minimum Gasteiger partial charge on any atom is -0.478 e. The number of hydrogen-bond donors (Lipinski definition) is 2. The van der Waals surface area contributed by atoms with Crippen molar-refractivity contribution in [2.45, 2.75) is 113 Å². The molecule has 0 spiro atoms. The highest BCUT2D eigenvalue weighted by Crippen LogP contribution is 2.54. The van der Waals surface area contributed by atoms with Gasteiger partial charge in [0, 0.05) is 47.3 Å². The van der Waals surface area contributed by atoms with E-state index in [0.717, 1.165) is 71.9 Å². The van der Waals surface area contributed by atoms with Crippen molar-refractivity contribution >= 4 is 23.6 Å². The summed E-state index contributed by atoms with van der Waals surface area (Å²) in [5.41, 5.74) is 9.04. The van der Waals surface area contributed by atoms with Crippen LogP contribution in [0.15, 0.2) is 71.6 Å². The van der Waals surface area contributed by atoms with Crippen molar-refractivity contribution in [3.8, 4) is 0 Å². The second kappa shape index (κ2) is 17.6. The molecule has 3 aromatic carbocycles. The SMILES string of the molecule is CCCCCCCN(Cc1ccc(F)cc1F)C(=O)CCc1ccc(SCc2ccccc2C(=O)O)cc1.NC12CC3CC(CC(C3)C1)C2. The summed E-state index contributed by atoms with van der Waals surface area (Å²) < 4.78 is 27.6. The predicted octanol–water partition coefficient (Wildman–Crippen LogP) is 9.80. The Morgan fingerprint density at radius 3 is 2.14 bits per heavy atom. The summed E-state index contributed by atoms with van der Waals surface area (Å²) in [6.45, 7) is 2.83. The van der Waals surface area contributed by atoms with Crippen molar-refractivity contribution in [3.63, 3.8) is 0 Å². The lowest BCUT2D eigenvalue weighted by molar-refractivity contribution is -0.131. The summed E-state index contributed by atoms with van der Waals surface area (Å²) in [5, 5.41) is 9.36. The fraction of sp³-hybridized carbons (Fsp3) is 0.512. The number of carboxylic acid groups (broad SMARTS) is 1. The summed E-state index contributed by atoms with van der Waals surface area (Å²) in [7, 11) is 0. The van der Waals surface area contributed by atoms with Crippen LogP contribution in [0.25, 0.3) is 0 Å². The Bertz CT molecular complexity index is 1510. The molecule has 4 aliphatic carbocycles. The standard InChI is InChI=1S/C31H35F2NO3S.C10H17N/c1-2-3-4-5-8-19-34(21-24-14-15-26(32)20-29(24)33)30(35)18-13-23-11-16-27(17-12-23)38-22-25-9-6-7-10-28(25)31(36)37;11-10-4-7-1-8(5-10)3-9(2-7)6-10/h6-7,9-12,14-17,20H,2-5,8,13,18-19,21-22H2,1H3,(H,36,37);7-9H,1-6,11H2. The van der Waals surface area contributed by atoms with Crippen LogP contribution in [0.3, 0.4) is 0 Å². The molecule has 4 aliphatic rings. The maximum absolute atomic E-state index is 14.3. The van der Waals surface area contributed by atoms with Gasteiger partial charge >= 0.3 is 5.97 Å². The van der Waals surface area contributed by atoms with E-state index in [9.17, 15) is 23.5 Å². The topological polar surface area (TPSA) is 83.6 Å². The molecule has 0 aromatic heterocycles. The van der Waals surface area contributed by atoms with E-state index >= 15 is 0 Å². The monoisotopic (exact) mass is 690 g/mol. The fourth-order valence-electron chi connectivity index (χ4n) is 8.41. The summed E-state index contributed by atoms with van der Waals surface area (Å²) in [5.74, 6) is 1.37. The molecule has 0 heterocycles. The zero-order valence-corrected chi connectivity index (χ0v) is 29.7. The first kappa shape index (κ1) is 37.0. The van der Waals surface area contributed by atoms with Gasteiger partial charge in [-0.25, -0.2) is 13.6 Å². The number of thioether (sulfide) groups is 1. The lowest BCUT2D eigenvalue weighted by Crippen LogP contribution is -2.55. The quantitative estimate of drug-likeness (QED) is 0.123. The Morgan fingerprint density at radius 2 is 1.53 bits per heavy atom. The number of aromatic carboxylic acids is 1. The molecule has 7 rings (SSSR count). The van der Waals surface area contributed by atoms with Gasteiger partial charge in [0.2, 0.25) is 5.91 Å². The van der Waals surface area contributed by atoms with Gasteiger partial charge in [-0.2, -0.15) is 0 Å². The first-order valence-electron chi connectivity index (χ1n) is 18.1. The van der Waals surface area contributed by atoms with Crippen LogP contribution >= 0.6 is 11.8 Å². The van der Waals surface area contributed by atoms with E-state index < -0.39 is 17.6 Å². The summed E-state index contributed by atoms with van der Waals surface area (Å²) in [6.07, 6.45) is 14.7. The van der Waals surface area contributed by atoms with Crippen molar-refractivity contribution in [2.75, 3.05) is 6.54 Å². The number of hydrogen-bond acceptors (Lipinski definition) is 4. The van der Waals surface area contributed by atoms with E-state index in [-0.39, 0.29) is 12.5 Å². The van der Waals surface area contributed by atoms with Crippen LogP contribution in [0.4, 0.5) is 8.78 Å². The van der Waals surface area contributed by atoms with Crippen LogP contribution in [-0.2, 0) is 23.5 Å². The van der Waals surface area contributed by atoms with Gasteiger partial charge in [-0.15, -0.1) is 11.8 Å². The maximum atomic E-state index is 14.3. The van der Waals surface area contributed by atoms with E-state index in [1.165, 1.54) is 50.7 Å². The molecule has 3 aromatic rings. The number of aryl methyl sites for hydroxylation is 1. The summed E-state index contributed by atoms with van der Waals surface area (Å²) in [6, 6.07) is 18.4. The number of carbonyl (C=O) groups is 2. The summed E-state index contributed by atoms with van der Waals surface area (Å²) in [4.78, 5) is 27.2. The molecule has 0 aliphatic heterocycles. The molecular formula is C41H52F2N2O3S. The van der Waals surface area contributed by atoms with Crippen molar-refractivity contribution in [3.05, 3.63) is 101 Å². The zero-order valence-electron chi connectivity index (χ0n) is 28.8. The molecular weight excluding hydrogens is 639 g/mol. The molecule has 264 valence electrons. The first-order valence-corrected chi connectivity index (χ1v) is 19.1. The van der Waals surface area contributed by atoms with Crippen LogP contribution in [0, 0.1) is 29.4 Å². The number of amides is 1. The van der Waals surface area contributed by atoms with Gasteiger partial charge in [-0.1, -0.05) is 69.0 Å². The molecule has 0 radical (unpaired) electrons. The smallest absolute Gasteiger partial charge is 0.335 e. The Morgan fingerprint density at radius 1 is 0.878 bits per heavy atom. The highest BCUT2D eigenvalue weighted by Gasteiger charge is 2.48. The second-order valence-electron chi connectivity index (χ2n) is 14.6. The Kier molecular flexibility index (Phi) is 13.3. The molecule has 0 unspecified atom stereocenters. The Hall–Kier alpha value is -3.23. The molecule has 4 fully saturated rings. The highest BCUT2D eigenvalue weighted by molar-refractivity contribution is 7.98. The van der Waals surface area contributed by atoms with Gasteiger partial charge in [-0.05, 0) is 105 Å². The number of halogens is 2. The molecule has 5 nitrogen and oxygen atoms in total. The molecule has 0 atom stereocenters. The van der Waals surface area contributed by atoms with E-state index in [1.807, 2.05) is 36.4 Å². The van der Waals surface area contributed by atoms with Crippen LogP contribution in [0.1, 0.15) is 111 Å². The van der Waals surface area contributed by atoms with Crippen molar-refractivity contribution in [2.24, 2.45) is 23.5 Å². The third-order valence-electron chi connectivity index (χ3n) is 10.5. The lowest BCUT2D eigenvalue weighted by Gasteiger charge is -2.55. The van der Waals surface area contributed by atoms with Crippen LogP contribution in [0.2, 0.25) is 0 Å².